The summed E-state index contributed by atoms with van der Waals surface area (Å²) in [6, 6.07) is 11.6. The monoisotopic (exact) mass is 315 g/mol. The van der Waals surface area contributed by atoms with E-state index in [0.717, 1.165) is 30.6 Å². The highest BCUT2D eigenvalue weighted by atomic mass is 16.5. The summed E-state index contributed by atoms with van der Waals surface area (Å²) < 4.78 is 1.86. The van der Waals surface area contributed by atoms with Crippen LogP contribution in [0.5, 0.6) is 0 Å². The highest BCUT2D eigenvalue weighted by molar-refractivity contribution is 5.92. The number of benzene rings is 1. The van der Waals surface area contributed by atoms with Gasteiger partial charge in [-0.1, -0.05) is 69.4 Å². The van der Waals surface area contributed by atoms with Gasteiger partial charge in [-0.2, -0.15) is 5.10 Å². The number of unbranched alkanes of at least 4 members (excludes halogenated alkanes) is 5. The minimum atomic E-state index is -0.580. The van der Waals surface area contributed by atoms with Crippen molar-refractivity contribution in [1.29, 1.82) is 0 Å². The third-order valence-corrected chi connectivity index (χ3v) is 3.91. The fraction of sp³-hybridized carbons (Fsp3) is 0.444. The maximum absolute atomic E-state index is 11.6. The Labute approximate surface area is 137 Å². The van der Waals surface area contributed by atoms with Crippen LogP contribution in [0.2, 0.25) is 0 Å². The number of hydroxylamine groups is 1. The van der Waals surface area contributed by atoms with Crippen molar-refractivity contribution in [2.45, 2.75) is 52.0 Å². The number of amides is 1. The zero-order chi connectivity index (χ0) is 16.5. The van der Waals surface area contributed by atoms with Crippen molar-refractivity contribution >= 4 is 5.91 Å². The van der Waals surface area contributed by atoms with E-state index in [1.807, 2.05) is 35.0 Å². The smallest absolute Gasteiger partial charge is 0.288 e. The molecular formula is C18H25N3O2. The topological polar surface area (TPSA) is 67.2 Å². The molecule has 0 radical (unpaired) electrons. The fourth-order valence-corrected chi connectivity index (χ4v) is 2.64. The van der Waals surface area contributed by atoms with Crippen LogP contribution in [0.25, 0.3) is 11.3 Å². The zero-order valence-corrected chi connectivity index (χ0v) is 13.7. The average Bonchev–Trinajstić information content (AvgIpc) is 3.02. The van der Waals surface area contributed by atoms with Gasteiger partial charge >= 0.3 is 0 Å². The molecule has 1 aromatic heterocycles. The number of carbonyl (C=O) groups excluding carboxylic acids is 1. The van der Waals surface area contributed by atoms with Gasteiger partial charge in [0, 0.05) is 6.54 Å². The lowest BCUT2D eigenvalue weighted by molar-refractivity contribution is 0.0700. The molecule has 0 unspecified atom stereocenters. The van der Waals surface area contributed by atoms with Crippen LogP contribution in [-0.2, 0) is 6.54 Å². The summed E-state index contributed by atoms with van der Waals surface area (Å²) in [7, 11) is 0. The fourth-order valence-electron chi connectivity index (χ4n) is 2.64. The van der Waals surface area contributed by atoms with E-state index in [4.69, 9.17) is 5.21 Å². The van der Waals surface area contributed by atoms with Gasteiger partial charge in [-0.25, -0.2) is 5.48 Å². The van der Waals surface area contributed by atoms with Gasteiger partial charge in [-0.05, 0) is 18.1 Å². The molecule has 1 amide bonds. The summed E-state index contributed by atoms with van der Waals surface area (Å²) in [6.45, 7) is 2.98. The summed E-state index contributed by atoms with van der Waals surface area (Å²) in [6.07, 6.45) is 7.24. The number of aromatic nitrogens is 2. The number of rotatable bonds is 9. The second-order valence-corrected chi connectivity index (χ2v) is 5.71. The van der Waals surface area contributed by atoms with Gasteiger partial charge < -0.3 is 0 Å². The van der Waals surface area contributed by atoms with Crippen LogP contribution in [0.3, 0.4) is 0 Å². The molecule has 1 aromatic carbocycles. The highest BCUT2D eigenvalue weighted by Gasteiger charge is 2.14. The van der Waals surface area contributed by atoms with E-state index in [0.29, 0.717) is 0 Å². The summed E-state index contributed by atoms with van der Waals surface area (Å²) in [5.41, 5.74) is 3.80. The molecule has 2 N–H and O–H groups in total. The summed E-state index contributed by atoms with van der Waals surface area (Å²) in [5.74, 6) is -0.580. The molecule has 124 valence electrons. The maximum atomic E-state index is 11.6. The van der Waals surface area contributed by atoms with Crippen molar-refractivity contribution in [2.24, 2.45) is 0 Å². The second kappa shape index (κ2) is 9.10. The molecule has 5 heteroatoms. The number of carbonyl (C=O) groups is 1. The molecule has 0 aliphatic heterocycles. The molecule has 2 aromatic rings. The van der Waals surface area contributed by atoms with Gasteiger partial charge in [0.2, 0.25) is 0 Å². The number of hydrogen-bond donors (Lipinski definition) is 2. The Morgan fingerprint density at radius 1 is 1.13 bits per heavy atom. The lowest BCUT2D eigenvalue weighted by Crippen LogP contribution is -2.19. The number of nitrogens with one attached hydrogen (secondary N) is 1. The highest BCUT2D eigenvalue weighted by Crippen LogP contribution is 2.21. The van der Waals surface area contributed by atoms with E-state index in [1.54, 1.807) is 11.5 Å². The largest absolute Gasteiger partial charge is 0.295 e. The normalized spacial score (nSPS) is 10.7. The Balaban J connectivity index is 2.07. The van der Waals surface area contributed by atoms with Crippen molar-refractivity contribution in [1.82, 2.24) is 15.3 Å². The van der Waals surface area contributed by atoms with Crippen molar-refractivity contribution in [3.8, 4) is 11.3 Å². The molecule has 0 aliphatic carbocycles. The number of hydrogen-bond acceptors (Lipinski definition) is 3. The van der Waals surface area contributed by atoms with Gasteiger partial charge in [0.15, 0.2) is 5.69 Å². The van der Waals surface area contributed by atoms with Crippen molar-refractivity contribution in [3.05, 3.63) is 42.1 Å². The van der Waals surface area contributed by atoms with Crippen molar-refractivity contribution < 1.29 is 10.0 Å². The Bertz CT molecular complexity index is 608. The Kier molecular flexibility index (Phi) is 6.81. The molecule has 23 heavy (non-hydrogen) atoms. The van der Waals surface area contributed by atoms with E-state index < -0.39 is 5.91 Å². The average molecular weight is 315 g/mol. The first-order chi connectivity index (χ1) is 11.3. The van der Waals surface area contributed by atoms with Crippen LogP contribution in [-0.4, -0.2) is 20.9 Å². The number of aryl methyl sites for hydroxylation is 1. The van der Waals surface area contributed by atoms with Crippen LogP contribution in [0, 0.1) is 0 Å². The molecule has 0 aliphatic rings. The molecule has 5 nitrogen and oxygen atoms in total. The zero-order valence-electron chi connectivity index (χ0n) is 13.7. The predicted octanol–water partition coefficient (Wildman–Crippen LogP) is 4.03. The van der Waals surface area contributed by atoms with E-state index in [2.05, 4.69) is 12.0 Å². The minimum Gasteiger partial charge on any atom is -0.288 e. The Morgan fingerprint density at radius 2 is 1.83 bits per heavy atom. The van der Waals surface area contributed by atoms with E-state index in [9.17, 15) is 4.79 Å². The molecular weight excluding hydrogens is 290 g/mol. The van der Waals surface area contributed by atoms with Crippen LogP contribution < -0.4 is 5.48 Å². The molecule has 0 atom stereocenters. The molecule has 1 heterocycles. The lowest BCUT2D eigenvalue weighted by atomic mass is 10.1. The van der Waals surface area contributed by atoms with Gasteiger partial charge in [-0.15, -0.1) is 0 Å². The van der Waals surface area contributed by atoms with Gasteiger partial charge in [-0.3, -0.25) is 14.7 Å². The molecule has 0 saturated heterocycles. The van der Waals surface area contributed by atoms with Gasteiger partial charge in [0.05, 0.1) is 5.69 Å². The predicted molar refractivity (Wildman–Crippen MR) is 90.3 cm³/mol. The first-order valence-corrected chi connectivity index (χ1v) is 8.34. The SMILES string of the molecule is CCCCCCCCn1nc(C(=O)NO)cc1-c1ccccc1. The van der Waals surface area contributed by atoms with E-state index in [-0.39, 0.29) is 5.69 Å². The van der Waals surface area contributed by atoms with Crippen molar-refractivity contribution in [3.63, 3.8) is 0 Å². The first kappa shape index (κ1) is 17.2. The third kappa shape index (κ3) is 4.93. The second-order valence-electron chi connectivity index (χ2n) is 5.71. The summed E-state index contributed by atoms with van der Waals surface area (Å²) in [4.78, 5) is 11.6. The van der Waals surface area contributed by atoms with Crippen LogP contribution >= 0.6 is 0 Å². The number of nitrogens with zero attached hydrogens (tertiary/aromatic N) is 2. The van der Waals surface area contributed by atoms with E-state index >= 15 is 0 Å². The maximum Gasteiger partial charge on any atom is 0.295 e. The molecule has 0 saturated carbocycles. The van der Waals surface area contributed by atoms with Gasteiger partial charge in [0.1, 0.15) is 0 Å². The lowest BCUT2D eigenvalue weighted by Gasteiger charge is -2.07. The molecule has 0 spiro atoms. The van der Waals surface area contributed by atoms with E-state index in [1.165, 1.54) is 25.7 Å². The molecule has 0 bridgehead atoms. The molecule has 0 fully saturated rings. The minimum absolute atomic E-state index is 0.234. The van der Waals surface area contributed by atoms with Crippen LogP contribution in [0.1, 0.15) is 55.9 Å². The van der Waals surface area contributed by atoms with Gasteiger partial charge in [0.25, 0.3) is 5.91 Å². The molecule has 2 rings (SSSR count). The first-order valence-electron chi connectivity index (χ1n) is 8.34. The summed E-state index contributed by atoms with van der Waals surface area (Å²) >= 11 is 0. The Morgan fingerprint density at radius 3 is 2.52 bits per heavy atom. The van der Waals surface area contributed by atoms with Crippen LogP contribution in [0.4, 0.5) is 0 Å². The van der Waals surface area contributed by atoms with Crippen molar-refractivity contribution in [2.75, 3.05) is 0 Å². The standard InChI is InChI=1S/C18H25N3O2/c1-2-3-4-5-6-10-13-21-17(15-11-8-7-9-12-15)14-16(19-21)18(22)20-23/h7-9,11-12,14,23H,2-6,10,13H2,1H3,(H,20,22). The quantitative estimate of drug-likeness (QED) is 0.417. The Hall–Kier alpha value is -2.14. The summed E-state index contributed by atoms with van der Waals surface area (Å²) in [5, 5.41) is 13.1. The third-order valence-electron chi connectivity index (χ3n) is 3.91. The van der Waals surface area contributed by atoms with Crippen LogP contribution in [0.15, 0.2) is 36.4 Å².